The number of hydrazine groups is 1. The molecule has 3 rings (SSSR count). The Balaban J connectivity index is 1.58. The van der Waals surface area contributed by atoms with Gasteiger partial charge in [0, 0.05) is 25.2 Å². The largest absolute Gasteiger partial charge is 0.379 e. The summed E-state index contributed by atoms with van der Waals surface area (Å²) in [6, 6.07) is 4.87. The number of nitro groups is 1. The molecule has 2 heterocycles. The van der Waals surface area contributed by atoms with E-state index in [1.807, 2.05) is 0 Å². The number of hydrogen-bond acceptors (Lipinski definition) is 9. The Morgan fingerprint density at radius 1 is 1.20 bits per heavy atom. The lowest BCUT2D eigenvalue weighted by molar-refractivity contribution is -0.383. The Morgan fingerprint density at radius 2 is 1.90 bits per heavy atom. The predicted octanol–water partition coefficient (Wildman–Crippen LogP) is 1.41. The minimum Gasteiger partial charge on any atom is -0.379 e. The molecule has 1 aromatic carbocycles. The molecule has 12 heteroatoms. The van der Waals surface area contributed by atoms with E-state index in [-0.39, 0.29) is 22.9 Å². The Hall–Kier alpha value is -3.38. The molecule has 3 N–H and O–H groups in total. The predicted molar refractivity (Wildman–Crippen MR) is 107 cm³/mol. The molecule has 0 aliphatic carbocycles. The van der Waals surface area contributed by atoms with E-state index in [4.69, 9.17) is 4.74 Å². The van der Waals surface area contributed by atoms with E-state index in [0.29, 0.717) is 19.8 Å². The first kappa shape index (κ1) is 21.3. The van der Waals surface area contributed by atoms with Gasteiger partial charge < -0.3 is 10.1 Å². The van der Waals surface area contributed by atoms with Gasteiger partial charge in [0.1, 0.15) is 12.1 Å². The van der Waals surface area contributed by atoms with Crippen LogP contribution in [0.3, 0.4) is 0 Å². The first-order chi connectivity index (χ1) is 14.5. The number of nitrogens with one attached hydrogen (secondary N) is 3. The summed E-state index contributed by atoms with van der Waals surface area (Å²) < 4.78 is 18.3. The van der Waals surface area contributed by atoms with E-state index in [1.165, 1.54) is 12.1 Å². The number of rotatable bonds is 9. The summed E-state index contributed by atoms with van der Waals surface area (Å²) in [6.07, 6.45) is 1.93. The second kappa shape index (κ2) is 10.4. The van der Waals surface area contributed by atoms with Gasteiger partial charge in [0.25, 0.3) is 5.91 Å². The van der Waals surface area contributed by atoms with Gasteiger partial charge in [0.15, 0.2) is 0 Å². The number of aromatic nitrogens is 2. The van der Waals surface area contributed by atoms with Crippen LogP contribution in [0.25, 0.3) is 0 Å². The third-order valence-corrected chi connectivity index (χ3v) is 4.45. The van der Waals surface area contributed by atoms with Crippen molar-refractivity contribution in [3.05, 3.63) is 52.1 Å². The second-order valence-electron chi connectivity index (χ2n) is 6.50. The van der Waals surface area contributed by atoms with Crippen LogP contribution in [0.1, 0.15) is 16.8 Å². The minimum atomic E-state index is -0.628. The molecule has 0 unspecified atom stereocenters. The topological polar surface area (TPSA) is 135 Å². The van der Waals surface area contributed by atoms with E-state index < -0.39 is 16.6 Å². The molecule has 160 valence electrons. The summed E-state index contributed by atoms with van der Waals surface area (Å²) in [5.41, 5.74) is 4.55. The first-order valence-corrected chi connectivity index (χ1v) is 9.40. The maximum Gasteiger partial charge on any atom is 0.354 e. The molecule has 0 bridgehead atoms. The molecule has 1 aromatic heterocycles. The molecular formula is C18H22FN7O4. The number of hydrogen-bond donors (Lipinski definition) is 3. The van der Waals surface area contributed by atoms with Crippen LogP contribution in [-0.4, -0.2) is 65.1 Å². The molecule has 0 saturated carbocycles. The molecule has 0 radical (unpaired) electrons. The van der Waals surface area contributed by atoms with Gasteiger partial charge >= 0.3 is 5.69 Å². The quantitative estimate of drug-likeness (QED) is 0.313. The number of halogens is 1. The highest BCUT2D eigenvalue weighted by Crippen LogP contribution is 2.28. The van der Waals surface area contributed by atoms with Gasteiger partial charge in [-0.3, -0.25) is 30.7 Å². The average molecular weight is 419 g/mol. The van der Waals surface area contributed by atoms with Gasteiger partial charge in [-0.25, -0.2) is 14.4 Å². The van der Waals surface area contributed by atoms with E-state index in [1.54, 1.807) is 0 Å². The molecule has 0 spiro atoms. The molecule has 1 amide bonds. The highest BCUT2D eigenvalue weighted by Gasteiger charge is 2.23. The zero-order chi connectivity index (χ0) is 21.3. The smallest absolute Gasteiger partial charge is 0.354 e. The molecule has 1 aliphatic heterocycles. The van der Waals surface area contributed by atoms with E-state index >= 15 is 0 Å². The second-order valence-corrected chi connectivity index (χ2v) is 6.50. The highest BCUT2D eigenvalue weighted by molar-refractivity contribution is 5.95. The van der Waals surface area contributed by atoms with Gasteiger partial charge in [-0.15, -0.1) is 0 Å². The molecule has 1 saturated heterocycles. The molecular weight excluding hydrogens is 397 g/mol. The maximum absolute atomic E-state index is 13.0. The van der Waals surface area contributed by atoms with Crippen molar-refractivity contribution >= 4 is 23.2 Å². The van der Waals surface area contributed by atoms with Crippen molar-refractivity contribution in [2.75, 3.05) is 50.1 Å². The number of carbonyl (C=O) groups is 1. The summed E-state index contributed by atoms with van der Waals surface area (Å²) in [7, 11) is 0. The van der Waals surface area contributed by atoms with Crippen molar-refractivity contribution < 1.29 is 18.8 Å². The van der Waals surface area contributed by atoms with Crippen LogP contribution >= 0.6 is 0 Å². The molecule has 2 aromatic rings. The number of amides is 1. The lowest BCUT2D eigenvalue weighted by Crippen LogP contribution is -2.37. The normalized spacial score (nSPS) is 14.2. The summed E-state index contributed by atoms with van der Waals surface area (Å²) in [5.74, 6) is -1.19. The third-order valence-electron chi connectivity index (χ3n) is 4.45. The summed E-state index contributed by atoms with van der Waals surface area (Å²) in [4.78, 5) is 33.1. The number of ether oxygens (including phenoxy) is 1. The summed E-state index contributed by atoms with van der Waals surface area (Å²) in [5, 5.41) is 14.5. The fourth-order valence-corrected chi connectivity index (χ4v) is 2.90. The lowest BCUT2D eigenvalue weighted by Gasteiger charge is -2.26. The van der Waals surface area contributed by atoms with Crippen LogP contribution in [0, 0.1) is 15.9 Å². The monoisotopic (exact) mass is 419 g/mol. The number of carbonyl (C=O) groups excluding carboxylic acids is 1. The molecule has 1 fully saturated rings. The standard InChI is InChI=1S/C18H22FN7O4/c19-14-4-2-13(3-5-14)18(27)24-23-17-15(26(28)29)16(21-12-22-17)20-6-1-7-25-8-10-30-11-9-25/h2-5,12H,1,6-11H2,(H,24,27)(H2,20,21,22,23). The van der Waals surface area contributed by atoms with Crippen LogP contribution < -0.4 is 16.2 Å². The van der Waals surface area contributed by atoms with Gasteiger partial charge in [0.2, 0.25) is 11.6 Å². The average Bonchev–Trinajstić information content (AvgIpc) is 2.76. The van der Waals surface area contributed by atoms with Crippen molar-refractivity contribution in [1.29, 1.82) is 0 Å². The van der Waals surface area contributed by atoms with Crippen LogP contribution in [0.2, 0.25) is 0 Å². The maximum atomic E-state index is 13.0. The number of nitrogens with zero attached hydrogens (tertiary/aromatic N) is 4. The third kappa shape index (κ3) is 5.81. The summed E-state index contributed by atoms with van der Waals surface area (Å²) >= 11 is 0. The van der Waals surface area contributed by atoms with Gasteiger partial charge in [0.05, 0.1) is 18.1 Å². The van der Waals surface area contributed by atoms with Crippen LogP contribution in [0.4, 0.5) is 21.7 Å². The SMILES string of the molecule is O=C(NNc1ncnc(NCCCN2CCOCC2)c1[N+](=O)[O-])c1ccc(F)cc1. The number of benzene rings is 1. The Labute approximate surface area is 171 Å². The number of anilines is 2. The Morgan fingerprint density at radius 3 is 2.60 bits per heavy atom. The van der Waals surface area contributed by atoms with Crippen LogP contribution in [0.15, 0.2) is 30.6 Å². The van der Waals surface area contributed by atoms with E-state index in [2.05, 4.69) is 31.0 Å². The van der Waals surface area contributed by atoms with Crippen molar-refractivity contribution in [2.24, 2.45) is 0 Å². The Kier molecular flexibility index (Phi) is 7.40. The fraction of sp³-hybridized carbons (Fsp3) is 0.389. The van der Waals surface area contributed by atoms with Gasteiger partial charge in [-0.2, -0.15) is 0 Å². The van der Waals surface area contributed by atoms with Crippen molar-refractivity contribution in [3.63, 3.8) is 0 Å². The molecule has 30 heavy (non-hydrogen) atoms. The van der Waals surface area contributed by atoms with Crippen molar-refractivity contribution in [2.45, 2.75) is 6.42 Å². The van der Waals surface area contributed by atoms with Crippen LogP contribution in [-0.2, 0) is 4.74 Å². The first-order valence-electron chi connectivity index (χ1n) is 9.40. The van der Waals surface area contributed by atoms with Crippen molar-refractivity contribution in [3.8, 4) is 0 Å². The number of morpholine rings is 1. The minimum absolute atomic E-state index is 0.0514. The zero-order valence-corrected chi connectivity index (χ0v) is 16.1. The van der Waals surface area contributed by atoms with Crippen molar-refractivity contribution in [1.82, 2.24) is 20.3 Å². The fourth-order valence-electron chi connectivity index (χ4n) is 2.90. The van der Waals surface area contributed by atoms with E-state index in [0.717, 1.165) is 44.5 Å². The summed E-state index contributed by atoms with van der Waals surface area (Å²) in [6.45, 7) is 4.49. The highest BCUT2D eigenvalue weighted by atomic mass is 19.1. The molecule has 0 atom stereocenters. The van der Waals surface area contributed by atoms with E-state index in [9.17, 15) is 19.3 Å². The zero-order valence-electron chi connectivity index (χ0n) is 16.1. The Bertz CT molecular complexity index is 875. The van der Waals surface area contributed by atoms with Gasteiger partial charge in [-0.1, -0.05) is 0 Å². The lowest BCUT2D eigenvalue weighted by atomic mass is 10.2. The molecule has 11 nitrogen and oxygen atoms in total. The van der Waals surface area contributed by atoms with Gasteiger partial charge in [-0.05, 0) is 37.2 Å². The van der Waals surface area contributed by atoms with Crippen LogP contribution in [0.5, 0.6) is 0 Å². The molecule has 1 aliphatic rings.